The van der Waals surface area contributed by atoms with Crippen molar-refractivity contribution >= 4 is 8.32 Å². The number of hydrogen-bond donors (Lipinski definition) is 1. The number of ether oxygens (including phenoxy) is 1. The van der Waals surface area contributed by atoms with Gasteiger partial charge in [0.15, 0.2) is 14.5 Å². The van der Waals surface area contributed by atoms with Gasteiger partial charge in [0.1, 0.15) is 6.10 Å². The van der Waals surface area contributed by atoms with Crippen molar-refractivity contribution in [2.45, 2.75) is 58.2 Å². The van der Waals surface area contributed by atoms with Crippen LogP contribution >= 0.6 is 0 Å². The fourth-order valence-electron chi connectivity index (χ4n) is 2.02. The van der Waals surface area contributed by atoms with Gasteiger partial charge in [-0.15, -0.1) is 0 Å². The molecule has 0 saturated heterocycles. The van der Waals surface area contributed by atoms with E-state index in [-0.39, 0.29) is 16.7 Å². The number of nitrogens with zero attached hydrogens (tertiary/aromatic N) is 1. The van der Waals surface area contributed by atoms with E-state index in [4.69, 9.17) is 9.16 Å². The van der Waals surface area contributed by atoms with Crippen LogP contribution in [0.1, 0.15) is 32.6 Å². The van der Waals surface area contributed by atoms with Gasteiger partial charge in [-0.3, -0.25) is 14.3 Å². The monoisotopic (exact) mass is 338 g/mol. The molecule has 0 saturated carbocycles. The molecule has 2 heterocycles. The molecule has 0 aliphatic carbocycles. The Balaban J connectivity index is 2.03. The van der Waals surface area contributed by atoms with Gasteiger partial charge in [0.25, 0.3) is 5.56 Å². The minimum absolute atomic E-state index is 0.141. The number of nitrogens with one attached hydrogen (secondary N) is 1. The molecule has 1 aromatic heterocycles. The van der Waals surface area contributed by atoms with Crippen LogP contribution in [0.15, 0.2) is 27.9 Å². The summed E-state index contributed by atoms with van der Waals surface area (Å²) in [4.78, 5) is 25.6. The van der Waals surface area contributed by atoms with E-state index in [1.54, 1.807) is 6.92 Å². The number of aromatic nitrogens is 2. The molecule has 0 spiro atoms. The highest BCUT2D eigenvalue weighted by molar-refractivity contribution is 6.74. The number of aromatic amines is 1. The summed E-state index contributed by atoms with van der Waals surface area (Å²) in [6.07, 6.45) is 4.55. The average Bonchev–Trinajstić information content (AvgIpc) is 2.88. The maximum Gasteiger partial charge on any atom is 0.330 e. The van der Waals surface area contributed by atoms with Crippen molar-refractivity contribution in [3.05, 3.63) is 44.8 Å². The van der Waals surface area contributed by atoms with E-state index in [0.29, 0.717) is 12.2 Å². The third-order valence-electron chi connectivity index (χ3n) is 4.64. The first-order chi connectivity index (χ1) is 10.5. The first kappa shape index (κ1) is 17.9. The van der Waals surface area contributed by atoms with Crippen molar-refractivity contribution < 1.29 is 9.16 Å². The molecule has 1 aliphatic rings. The lowest BCUT2D eigenvalue weighted by Crippen LogP contribution is -2.42. The van der Waals surface area contributed by atoms with Gasteiger partial charge in [0, 0.05) is 11.8 Å². The Labute approximate surface area is 137 Å². The first-order valence-electron chi connectivity index (χ1n) is 7.81. The second kappa shape index (κ2) is 6.22. The lowest BCUT2D eigenvalue weighted by molar-refractivity contribution is -0.00788. The van der Waals surface area contributed by atoms with Gasteiger partial charge in [-0.1, -0.05) is 26.8 Å². The SMILES string of the molecule is Cc1cn([C@H]2C=C[C@@H](CO[Si](C)(C)C(C)(C)C)O2)c(=O)[nH]c1=O. The number of hydrogen-bond acceptors (Lipinski definition) is 4. The number of rotatable bonds is 4. The molecule has 0 amide bonds. The Morgan fingerprint density at radius 2 is 1.96 bits per heavy atom. The summed E-state index contributed by atoms with van der Waals surface area (Å²) in [5.74, 6) is 0. The van der Waals surface area contributed by atoms with Crippen molar-refractivity contribution in [3.8, 4) is 0 Å². The molecule has 1 N–H and O–H groups in total. The van der Waals surface area contributed by atoms with Crippen LogP contribution in [-0.4, -0.2) is 30.6 Å². The zero-order chi connectivity index (χ0) is 17.4. The van der Waals surface area contributed by atoms with Crippen LogP contribution < -0.4 is 11.2 Å². The predicted molar refractivity (Wildman–Crippen MR) is 92.3 cm³/mol. The normalized spacial score (nSPS) is 21.8. The van der Waals surface area contributed by atoms with Crippen molar-refractivity contribution in [2.24, 2.45) is 0 Å². The van der Waals surface area contributed by atoms with E-state index in [0.717, 1.165) is 0 Å². The summed E-state index contributed by atoms with van der Waals surface area (Å²) >= 11 is 0. The molecule has 0 fully saturated rings. The van der Waals surface area contributed by atoms with Crippen LogP contribution in [0.2, 0.25) is 18.1 Å². The molecule has 1 aromatic rings. The zero-order valence-corrected chi connectivity index (χ0v) is 15.7. The Hall–Kier alpha value is -1.44. The summed E-state index contributed by atoms with van der Waals surface area (Å²) in [6.45, 7) is 13.1. The molecule has 0 unspecified atom stereocenters. The lowest BCUT2D eigenvalue weighted by Gasteiger charge is -2.36. The van der Waals surface area contributed by atoms with Crippen LogP contribution in [0.3, 0.4) is 0 Å². The minimum Gasteiger partial charge on any atom is -0.414 e. The lowest BCUT2D eigenvalue weighted by atomic mass is 10.2. The van der Waals surface area contributed by atoms with Gasteiger partial charge in [0.2, 0.25) is 0 Å². The van der Waals surface area contributed by atoms with Gasteiger partial charge in [-0.25, -0.2) is 4.79 Å². The molecule has 23 heavy (non-hydrogen) atoms. The average molecular weight is 338 g/mol. The smallest absolute Gasteiger partial charge is 0.330 e. The molecule has 7 heteroatoms. The summed E-state index contributed by atoms with van der Waals surface area (Å²) in [6, 6.07) is 0. The fraction of sp³-hybridized carbons (Fsp3) is 0.625. The van der Waals surface area contributed by atoms with E-state index in [2.05, 4.69) is 38.8 Å². The van der Waals surface area contributed by atoms with Gasteiger partial charge in [-0.05, 0) is 31.1 Å². The van der Waals surface area contributed by atoms with Crippen molar-refractivity contribution in [1.29, 1.82) is 0 Å². The summed E-state index contributed by atoms with van der Waals surface area (Å²) in [5.41, 5.74) is -0.366. The predicted octanol–water partition coefficient (Wildman–Crippen LogP) is 2.32. The third-order valence-corrected chi connectivity index (χ3v) is 9.14. The Morgan fingerprint density at radius 3 is 2.57 bits per heavy atom. The quantitative estimate of drug-likeness (QED) is 0.675. The maximum absolute atomic E-state index is 11.9. The molecule has 0 radical (unpaired) electrons. The highest BCUT2D eigenvalue weighted by Gasteiger charge is 2.38. The Morgan fingerprint density at radius 1 is 1.30 bits per heavy atom. The fourth-order valence-corrected chi connectivity index (χ4v) is 3.04. The largest absolute Gasteiger partial charge is 0.414 e. The van der Waals surface area contributed by atoms with Crippen LogP contribution in [0, 0.1) is 6.92 Å². The summed E-state index contributed by atoms with van der Waals surface area (Å²) < 4.78 is 13.4. The van der Waals surface area contributed by atoms with Gasteiger partial charge >= 0.3 is 5.69 Å². The molecule has 0 bridgehead atoms. The van der Waals surface area contributed by atoms with Crippen LogP contribution in [0.5, 0.6) is 0 Å². The van der Waals surface area contributed by atoms with Crippen molar-refractivity contribution in [3.63, 3.8) is 0 Å². The van der Waals surface area contributed by atoms with E-state index in [9.17, 15) is 9.59 Å². The summed E-state index contributed by atoms with van der Waals surface area (Å²) in [7, 11) is -1.83. The highest BCUT2D eigenvalue weighted by Crippen LogP contribution is 2.37. The van der Waals surface area contributed by atoms with E-state index in [1.807, 2.05) is 12.2 Å². The van der Waals surface area contributed by atoms with E-state index >= 15 is 0 Å². The molecule has 6 nitrogen and oxygen atoms in total. The molecule has 1 aliphatic heterocycles. The molecule has 128 valence electrons. The van der Waals surface area contributed by atoms with Gasteiger partial charge < -0.3 is 9.16 Å². The maximum atomic E-state index is 11.9. The summed E-state index contributed by atoms with van der Waals surface area (Å²) in [5, 5.41) is 0.141. The molecular formula is C16H26N2O4Si. The second-order valence-electron chi connectivity index (χ2n) is 7.50. The van der Waals surface area contributed by atoms with Crippen molar-refractivity contribution in [1.82, 2.24) is 9.55 Å². The molecular weight excluding hydrogens is 312 g/mol. The minimum atomic E-state index is -1.83. The molecule has 2 rings (SSSR count). The molecule has 0 aromatic carbocycles. The number of aryl methyl sites for hydroxylation is 1. The van der Waals surface area contributed by atoms with Gasteiger partial charge in [0.05, 0.1) is 6.61 Å². The Bertz CT molecular complexity index is 712. The van der Waals surface area contributed by atoms with Crippen LogP contribution in [0.4, 0.5) is 0 Å². The molecule has 2 atom stereocenters. The zero-order valence-electron chi connectivity index (χ0n) is 14.7. The third kappa shape index (κ3) is 3.91. The number of H-pyrrole nitrogens is 1. The van der Waals surface area contributed by atoms with E-state index < -0.39 is 20.2 Å². The first-order valence-corrected chi connectivity index (χ1v) is 10.7. The standard InChI is InChI=1S/C16H26N2O4Si/c1-11-9-18(15(20)17-14(11)19)13-8-7-12(22-13)10-21-23(5,6)16(2,3)4/h7-9,12-13H,10H2,1-6H3,(H,17,19,20)/t12-,13+/m0/s1. The van der Waals surface area contributed by atoms with Crippen LogP contribution in [-0.2, 0) is 9.16 Å². The van der Waals surface area contributed by atoms with Crippen LogP contribution in [0.25, 0.3) is 0 Å². The Kier molecular flexibility index (Phi) is 4.84. The highest BCUT2D eigenvalue weighted by atomic mass is 28.4. The van der Waals surface area contributed by atoms with E-state index in [1.165, 1.54) is 10.8 Å². The topological polar surface area (TPSA) is 73.3 Å². The second-order valence-corrected chi connectivity index (χ2v) is 12.3. The van der Waals surface area contributed by atoms with Crippen molar-refractivity contribution in [2.75, 3.05) is 6.61 Å². The van der Waals surface area contributed by atoms with Gasteiger partial charge in [-0.2, -0.15) is 0 Å².